The van der Waals surface area contributed by atoms with Crippen LogP contribution >= 0.6 is 0 Å². The summed E-state index contributed by atoms with van der Waals surface area (Å²) < 4.78 is 0. The van der Waals surface area contributed by atoms with E-state index >= 15 is 0 Å². The number of nitrogens with zero attached hydrogens (tertiary/aromatic N) is 1. The van der Waals surface area contributed by atoms with Crippen LogP contribution in [0.3, 0.4) is 0 Å². The molecule has 3 N–H and O–H groups in total. The van der Waals surface area contributed by atoms with Crippen molar-refractivity contribution in [3.63, 3.8) is 0 Å². The Labute approximate surface area is 183 Å². The molecule has 0 aliphatic carbocycles. The van der Waals surface area contributed by atoms with Gasteiger partial charge in [0.1, 0.15) is 0 Å². The summed E-state index contributed by atoms with van der Waals surface area (Å²) in [6, 6.07) is 27.5. The van der Waals surface area contributed by atoms with Crippen molar-refractivity contribution in [3.05, 3.63) is 96.1 Å². The zero-order valence-corrected chi connectivity index (χ0v) is 17.6. The van der Waals surface area contributed by atoms with Crippen molar-refractivity contribution < 1.29 is 4.79 Å². The monoisotopic (exact) mass is 412 g/mol. The first-order valence-corrected chi connectivity index (χ1v) is 10.7. The number of amidine groups is 1. The van der Waals surface area contributed by atoms with Crippen molar-refractivity contribution in [3.8, 4) is 0 Å². The van der Waals surface area contributed by atoms with Crippen molar-refractivity contribution in [1.29, 1.82) is 5.41 Å². The summed E-state index contributed by atoms with van der Waals surface area (Å²) in [7, 11) is 0. The van der Waals surface area contributed by atoms with Crippen LogP contribution in [-0.2, 0) is 13.0 Å². The summed E-state index contributed by atoms with van der Waals surface area (Å²) >= 11 is 0. The van der Waals surface area contributed by atoms with E-state index in [-0.39, 0.29) is 6.03 Å². The number of hydrogen-bond donors (Lipinski definition) is 3. The SMILES string of the molecule is N=C1CC(Cc2ccccc2)CCN1Cc1cccc(NC(=O)Nc2ccccc2)c1. The van der Waals surface area contributed by atoms with Crippen LogP contribution in [0.2, 0.25) is 0 Å². The van der Waals surface area contributed by atoms with Gasteiger partial charge in [-0.05, 0) is 54.2 Å². The number of rotatable bonds is 6. The summed E-state index contributed by atoms with van der Waals surface area (Å²) in [5, 5.41) is 14.2. The normalized spacial score (nSPS) is 16.1. The van der Waals surface area contributed by atoms with E-state index in [9.17, 15) is 4.79 Å². The maximum atomic E-state index is 12.3. The van der Waals surface area contributed by atoms with Crippen molar-refractivity contribution in [2.75, 3.05) is 17.2 Å². The molecule has 4 rings (SSSR count). The highest BCUT2D eigenvalue weighted by Gasteiger charge is 2.23. The number of para-hydroxylation sites is 1. The Morgan fingerprint density at radius 3 is 2.26 bits per heavy atom. The molecule has 31 heavy (non-hydrogen) atoms. The molecular formula is C26H28N4O. The van der Waals surface area contributed by atoms with Gasteiger partial charge in [-0.25, -0.2) is 4.79 Å². The zero-order chi connectivity index (χ0) is 21.5. The first-order chi connectivity index (χ1) is 15.2. The number of anilines is 2. The second kappa shape index (κ2) is 9.94. The lowest BCUT2D eigenvalue weighted by Gasteiger charge is -2.34. The maximum Gasteiger partial charge on any atom is 0.323 e. The lowest BCUT2D eigenvalue weighted by atomic mass is 9.89. The summed E-state index contributed by atoms with van der Waals surface area (Å²) in [4.78, 5) is 14.4. The van der Waals surface area contributed by atoms with Crippen molar-refractivity contribution in [1.82, 2.24) is 4.90 Å². The number of carbonyl (C=O) groups is 1. The lowest BCUT2D eigenvalue weighted by molar-refractivity contribution is 0.262. The van der Waals surface area contributed by atoms with Crippen LogP contribution in [-0.4, -0.2) is 23.3 Å². The molecule has 3 aromatic rings. The minimum Gasteiger partial charge on any atom is -0.356 e. The van der Waals surface area contributed by atoms with E-state index in [1.54, 1.807) is 0 Å². The van der Waals surface area contributed by atoms with E-state index in [2.05, 4.69) is 39.8 Å². The van der Waals surface area contributed by atoms with E-state index in [0.29, 0.717) is 18.3 Å². The van der Waals surface area contributed by atoms with Crippen LogP contribution in [0.25, 0.3) is 0 Å². The molecule has 1 atom stereocenters. The third-order valence-corrected chi connectivity index (χ3v) is 5.63. The maximum absolute atomic E-state index is 12.3. The van der Waals surface area contributed by atoms with Gasteiger partial charge in [-0.15, -0.1) is 0 Å². The van der Waals surface area contributed by atoms with Gasteiger partial charge in [-0.1, -0.05) is 60.7 Å². The number of carbonyl (C=O) groups excluding carboxylic acids is 1. The Hall–Kier alpha value is -3.60. The third-order valence-electron chi connectivity index (χ3n) is 5.63. The molecule has 2 amide bonds. The Morgan fingerprint density at radius 1 is 0.871 bits per heavy atom. The average molecular weight is 413 g/mol. The number of benzene rings is 3. The van der Waals surface area contributed by atoms with Gasteiger partial charge >= 0.3 is 6.03 Å². The first-order valence-electron chi connectivity index (χ1n) is 10.7. The molecule has 1 aliphatic rings. The van der Waals surface area contributed by atoms with Crippen LogP contribution in [0.1, 0.15) is 24.0 Å². The minimum atomic E-state index is -0.266. The molecular weight excluding hydrogens is 384 g/mol. The molecule has 0 spiro atoms. The second-order valence-corrected chi connectivity index (χ2v) is 8.06. The van der Waals surface area contributed by atoms with Crippen molar-refractivity contribution in [2.24, 2.45) is 5.92 Å². The molecule has 1 unspecified atom stereocenters. The van der Waals surface area contributed by atoms with Gasteiger partial charge < -0.3 is 15.5 Å². The Morgan fingerprint density at radius 2 is 1.52 bits per heavy atom. The predicted molar refractivity (Wildman–Crippen MR) is 127 cm³/mol. The fourth-order valence-electron chi connectivity index (χ4n) is 4.06. The highest BCUT2D eigenvalue weighted by molar-refractivity contribution is 5.99. The van der Waals surface area contributed by atoms with Crippen molar-refractivity contribution in [2.45, 2.75) is 25.8 Å². The summed E-state index contributed by atoms with van der Waals surface area (Å²) in [5.74, 6) is 1.23. The predicted octanol–water partition coefficient (Wildman–Crippen LogP) is 5.76. The number of amides is 2. The van der Waals surface area contributed by atoms with Crippen LogP contribution in [0.4, 0.5) is 16.2 Å². The molecule has 158 valence electrons. The van der Waals surface area contributed by atoms with Gasteiger partial charge in [0.05, 0.1) is 5.84 Å². The molecule has 0 saturated carbocycles. The smallest absolute Gasteiger partial charge is 0.323 e. The van der Waals surface area contributed by atoms with Gasteiger partial charge in [0, 0.05) is 30.9 Å². The Kier molecular flexibility index (Phi) is 6.62. The Bertz CT molecular complexity index is 1020. The summed E-state index contributed by atoms with van der Waals surface area (Å²) in [6.07, 6.45) is 2.94. The van der Waals surface area contributed by atoms with Crippen LogP contribution in [0.5, 0.6) is 0 Å². The molecule has 5 nitrogen and oxygen atoms in total. The molecule has 1 heterocycles. The minimum absolute atomic E-state index is 0.266. The number of hydrogen-bond acceptors (Lipinski definition) is 2. The van der Waals surface area contributed by atoms with Gasteiger partial charge in [0.15, 0.2) is 0 Å². The van der Waals surface area contributed by atoms with Gasteiger partial charge in [0.2, 0.25) is 0 Å². The fraction of sp³-hybridized carbons (Fsp3) is 0.231. The van der Waals surface area contributed by atoms with Crippen LogP contribution < -0.4 is 10.6 Å². The Balaban J connectivity index is 1.30. The quantitative estimate of drug-likeness (QED) is 0.482. The average Bonchev–Trinajstić information content (AvgIpc) is 2.77. The van der Waals surface area contributed by atoms with Crippen molar-refractivity contribution >= 4 is 23.2 Å². The first kappa shape index (κ1) is 20.7. The molecule has 0 radical (unpaired) electrons. The molecule has 1 aliphatic heterocycles. The topological polar surface area (TPSA) is 68.2 Å². The van der Waals surface area contributed by atoms with E-state index in [1.807, 2.05) is 60.7 Å². The summed E-state index contributed by atoms with van der Waals surface area (Å²) in [5.41, 5.74) is 3.93. The van der Waals surface area contributed by atoms with Gasteiger partial charge in [-0.3, -0.25) is 5.41 Å². The van der Waals surface area contributed by atoms with E-state index in [1.165, 1.54) is 5.56 Å². The standard InChI is InChI=1S/C26H28N4O/c27-25-18-21(16-20-8-3-1-4-9-20)14-15-30(25)19-22-10-7-13-24(17-22)29-26(31)28-23-11-5-2-6-12-23/h1-13,17,21,27H,14-16,18-19H2,(H2,28,29,31). The van der Waals surface area contributed by atoms with Gasteiger partial charge in [-0.2, -0.15) is 0 Å². The molecule has 1 fully saturated rings. The van der Waals surface area contributed by atoms with E-state index in [4.69, 9.17) is 5.41 Å². The molecule has 0 bridgehead atoms. The van der Waals surface area contributed by atoms with Crippen LogP contribution in [0, 0.1) is 11.3 Å². The molecule has 1 saturated heterocycles. The summed E-state index contributed by atoms with van der Waals surface area (Å²) in [6.45, 7) is 1.58. The lowest BCUT2D eigenvalue weighted by Crippen LogP contribution is -2.38. The number of nitrogens with one attached hydrogen (secondary N) is 3. The second-order valence-electron chi connectivity index (χ2n) is 8.06. The fourth-order valence-corrected chi connectivity index (χ4v) is 4.06. The zero-order valence-electron chi connectivity index (χ0n) is 17.6. The van der Waals surface area contributed by atoms with Crippen LogP contribution in [0.15, 0.2) is 84.9 Å². The van der Waals surface area contributed by atoms with E-state index < -0.39 is 0 Å². The molecule has 3 aromatic carbocycles. The third kappa shape index (κ3) is 5.95. The number of likely N-dealkylation sites (tertiary alicyclic amines) is 1. The highest BCUT2D eigenvalue weighted by Crippen LogP contribution is 2.24. The highest BCUT2D eigenvalue weighted by atomic mass is 16.2. The number of piperidine rings is 1. The molecule has 5 heteroatoms. The number of urea groups is 1. The molecule has 0 aromatic heterocycles. The van der Waals surface area contributed by atoms with Gasteiger partial charge in [0.25, 0.3) is 0 Å². The van der Waals surface area contributed by atoms with E-state index in [0.717, 1.165) is 42.7 Å². The largest absolute Gasteiger partial charge is 0.356 e.